The number of hydrogen-bond donors (Lipinski definition) is 1. The van der Waals surface area contributed by atoms with Crippen molar-refractivity contribution in [1.29, 1.82) is 0 Å². The molecule has 0 atom stereocenters. The number of aromatic nitrogens is 2. The van der Waals surface area contributed by atoms with Crippen molar-refractivity contribution in [3.05, 3.63) is 83.4 Å². The monoisotopic (exact) mass is 345 g/mol. The zero-order valence-corrected chi connectivity index (χ0v) is 14.5. The van der Waals surface area contributed by atoms with Crippen LogP contribution in [0.5, 0.6) is 5.75 Å². The Morgan fingerprint density at radius 1 is 1.19 bits per heavy atom. The molecular weight excluding hydrogens is 326 g/mol. The highest BCUT2D eigenvalue weighted by Gasteiger charge is 2.25. The standard InChI is InChI=1S/C21H19N3O2/c1-15-6-2-4-8-19(15)24(12-18-11-22-14-23-18)21(25)17-10-16-7-3-5-9-20(16)26-13-17/h2-11,14H,12-13H2,1H3,(H,22,23). The van der Waals surface area contributed by atoms with Crippen molar-refractivity contribution < 1.29 is 9.53 Å². The molecule has 3 aromatic rings. The number of carbonyl (C=O) groups is 1. The Hall–Kier alpha value is -3.34. The second kappa shape index (κ2) is 6.88. The number of nitrogens with zero attached hydrogens (tertiary/aromatic N) is 2. The number of imidazole rings is 1. The van der Waals surface area contributed by atoms with Gasteiger partial charge in [0.15, 0.2) is 0 Å². The first-order chi connectivity index (χ1) is 12.7. The van der Waals surface area contributed by atoms with Crippen molar-refractivity contribution in [2.24, 2.45) is 0 Å². The lowest BCUT2D eigenvalue weighted by Crippen LogP contribution is -2.34. The van der Waals surface area contributed by atoms with Crippen molar-refractivity contribution >= 4 is 17.7 Å². The fraction of sp³-hybridized carbons (Fsp3) is 0.143. The zero-order chi connectivity index (χ0) is 17.9. The third-order valence-corrected chi connectivity index (χ3v) is 4.44. The van der Waals surface area contributed by atoms with Crippen molar-refractivity contribution in [3.8, 4) is 5.75 Å². The van der Waals surface area contributed by atoms with E-state index in [1.165, 1.54) is 0 Å². The van der Waals surface area contributed by atoms with Gasteiger partial charge < -0.3 is 14.6 Å². The number of benzene rings is 2. The van der Waals surface area contributed by atoms with Gasteiger partial charge in [0, 0.05) is 17.4 Å². The molecule has 0 saturated carbocycles. The van der Waals surface area contributed by atoms with Crippen LogP contribution in [0.2, 0.25) is 0 Å². The molecule has 0 saturated heterocycles. The molecule has 130 valence electrons. The van der Waals surface area contributed by atoms with E-state index in [0.29, 0.717) is 12.1 Å². The molecule has 1 aromatic heterocycles. The summed E-state index contributed by atoms with van der Waals surface area (Å²) in [6.07, 6.45) is 5.27. The lowest BCUT2D eigenvalue weighted by Gasteiger charge is -2.27. The lowest BCUT2D eigenvalue weighted by molar-refractivity contribution is -0.115. The van der Waals surface area contributed by atoms with Crippen LogP contribution in [0.1, 0.15) is 16.8 Å². The predicted molar refractivity (Wildman–Crippen MR) is 101 cm³/mol. The largest absolute Gasteiger partial charge is 0.488 e. The zero-order valence-electron chi connectivity index (χ0n) is 14.5. The van der Waals surface area contributed by atoms with Crippen molar-refractivity contribution in [2.75, 3.05) is 11.5 Å². The number of aromatic amines is 1. The summed E-state index contributed by atoms with van der Waals surface area (Å²) in [5.74, 6) is 0.739. The van der Waals surface area contributed by atoms with E-state index < -0.39 is 0 Å². The fourth-order valence-corrected chi connectivity index (χ4v) is 3.09. The second-order valence-corrected chi connectivity index (χ2v) is 6.25. The maximum Gasteiger partial charge on any atom is 0.258 e. The Morgan fingerprint density at radius 2 is 2.00 bits per heavy atom. The Labute approximate surface area is 152 Å². The van der Waals surface area contributed by atoms with Crippen molar-refractivity contribution in [3.63, 3.8) is 0 Å². The summed E-state index contributed by atoms with van der Waals surface area (Å²) < 4.78 is 5.77. The highest BCUT2D eigenvalue weighted by molar-refractivity contribution is 6.09. The Bertz CT molecular complexity index is 961. The Kier molecular flexibility index (Phi) is 4.27. The number of anilines is 1. The summed E-state index contributed by atoms with van der Waals surface area (Å²) in [7, 11) is 0. The molecule has 1 aliphatic heterocycles. The molecule has 5 heteroatoms. The van der Waals surface area contributed by atoms with Gasteiger partial charge in [-0.25, -0.2) is 4.98 Å². The van der Waals surface area contributed by atoms with Gasteiger partial charge in [0.05, 0.1) is 24.1 Å². The van der Waals surface area contributed by atoms with Gasteiger partial charge in [0.2, 0.25) is 0 Å². The SMILES string of the molecule is Cc1ccccc1N(Cc1cnc[nH]1)C(=O)C1=Cc2ccccc2OC1. The van der Waals surface area contributed by atoms with Crippen LogP contribution in [0.25, 0.3) is 6.08 Å². The highest BCUT2D eigenvalue weighted by atomic mass is 16.5. The first kappa shape index (κ1) is 16.1. The number of hydrogen-bond acceptors (Lipinski definition) is 3. The summed E-state index contributed by atoms with van der Waals surface area (Å²) in [6, 6.07) is 15.6. The van der Waals surface area contributed by atoms with E-state index in [4.69, 9.17) is 4.74 Å². The minimum absolute atomic E-state index is 0.0663. The maximum absolute atomic E-state index is 13.3. The molecule has 1 amide bonds. The van der Waals surface area contributed by atoms with E-state index in [0.717, 1.165) is 28.3 Å². The predicted octanol–water partition coefficient (Wildman–Crippen LogP) is 3.73. The first-order valence-electron chi connectivity index (χ1n) is 8.49. The van der Waals surface area contributed by atoms with Crippen molar-refractivity contribution in [2.45, 2.75) is 13.5 Å². The van der Waals surface area contributed by atoms with Gasteiger partial charge in [0.1, 0.15) is 12.4 Å². The fourth-order valence-electron chi connectivity index (χ4n) is 3.09. The number of carbonyl (C=O) groups excluding carboxylic acids is 1. The van der Waals surface area contributed by atoms with E-state index in [1.807, 2.05) is 61.5 Å². The van der Waals surface area contributed by atoms with E-state index in [2.05, 4.69) is 9.97 Å². The van der Waals surface area contributed by atoms with E-state index >= 15 is 0 Å². The quantitative estimate of drug-likeness (QED) is 0.784. The molecule has 4 rings (SSSR count). The molecule has 2 heterocycles. The van der Waals surface area contributed by atoms with Gasteiger partial charge in [-0.1, -0.05) is 36.4 Å². The smallest absolute Gasteiger partial charge is 0.258 e. The number of aryl methyl sites for hydroxylation is 1. The molecular formula is C21H19N3O2. The van der Waals surface area contributed by atoms with Crippen LogP contribution in [-0.2, 0) is 11.3 Å². The lowest BCUT2D eigenvalue weighted by atomic mass is 10.1. The average Bonchev–Trinajstić information content (AvgIpc) is 3.19. The number of rotatable bonds is 4. The number of nitrogens with one attached hydrogen (secondary N) is 1. The molecule has 1 aliphatic rings. The van der Waals surface area contributed by atoms with Gasteiger partial charge in [-0.2, -0.15) is 0 Å². The number of ether oxygens (including phenoxy) is 1. The summed E-state index contributed by atoms with van der Waals surface area (Å²) in [5.41, 5.74) is 4.35. The van der Waals surface area contributed by atoms with Crippen LogP contribution in [-0.4, -0.2) is 22.5 Å². The number of fused-ring (bicyclic) bond motifs is 1. The van der Waals surface area contributed by atoms with Gasteiger partial charge in [0.25, 0.3) is 5.91 Å². The highest BCUT2D eigenvalue weighted by Crippen LogP contribution is 2.29. The van der Waals surface area contributed by atoms with Crippen molar-refractivity contribution in [1.82, 2.24) is 9.97 Å². The topological polar surface area (TPSA) is 58.2 Å². The molecule has 0 unspecified atom stereocenters. The van der Waals surface area contributed by atoms with Crippen LogP contribution in [0.3, 0.4) is 0 Å². The molecule has 26 heavy (non-hydrogen) atoms. The molecule has 0 radical (unpaired) electrons. The summed E-state index contributed by atoms with van der Waals surface area (Å²) in [4.78, 5) is 22.2. The van der Waals surface area contributed by atoms with Crippen LogP contribution < -0.4 is 9.64 Å². The molecule has 5 nitrogen and oxygen atoms in total. The Balaban J connectivity index is 1.71. The first-order valence-corrected chi connectivity index (χ1v) is 8.49. The molecule has 0 aliphatic carbocycles. The van der Waals surface area contributed by atoms with Gasteiger partial charge in [-0.15, -0.1) is 0 Å². The summed E-state index contributed by atoms with van der Waals surface area (Å²) in [6.45, 7) is 2.69. The Morgan fingerprint density at radius 3 is 2.81 bits per heavy atom. The summed E-state index contributed by atoms with van der Waals surface area (Å²) in [5, 5.41) is 0. The normalized spacial score (nSPS) is 12.7. The van der Waals surface area contributed by atoms with Gasteiger partial charge in [-0.3, -0.25) is 4.79 Å². The molecule has 2 aromatic carbocycles. The van der Waals surface area contributed by atoms with Crippen LogP contribution >= 0.6 is 0 Å². The summed E-state index contributed by atoms with van der Waals surface area (Å²) >= 11 is 0. The van der Waals surface area contributed by atoms with E-state index in [-0.39, 0.29) is 12.5 Å². The minimum Gasteiger partial charge on any atom is -0.488 e. The minimum atomic E-state index is -0.0663. The molecule has 0 bridgehead atoms. The van der Waals surface area contributed by atoms with Gasteiger partial charge in [-0.05, 0) is 30.7 Å². The van der Waals surface area contributed by atoms with E-state index in [9.17, 15) is 4.79 Å². The third-order valence-electron chi connectivity index (χ3n) is 4.44. The average molecular weight is 345 g/mol. The number of para-hydroxylation sites is 2. The number of H-pyrrole nitrogens is 1. The second-order valence-electron chi connectivity index (χ2n) is 6.25. The van der Waals surface area contributed by atoms with Crippen LogP contribution in [0.15, 0.2) is 66.6 Å². The van der Waals surface area contributed by atoms with Crippen LogP contribution in [0.4, 0.5) is 5.69 Å². The third kappa shape index (κ3) is 3.11. The molecule has 1 N–H and O–H groups in total. The molecule has 0 spiro atoms. The van der Waals surface area contributed by atoms with Gasteiger partial charge >= 0.3 is 0 Å². The van der Waals surface area contributed by atoms with E-state index in [1.54, 1.807) is 17.4 Å². The molecule has 0 fully saturated rings. The van der Waals surface area contributed by atoms with Crippen LogP contribution in [0, 0.1) is 6.92 Å². The maximum atomic E-state index is 13.3. The number of amides is 1.